The predicted octanol–water partition coefficient (Wildman–Crippen LogP) is 2.52. The lowest BCUT2D eigenvalue weighted by Crippen LogP contribution is -2.57. The quantitative estimate of drug-likeness (QED) is 0.742. The maximum absolute atomic E-state index is 13.7. The van der Waals surface area contributed by atoms with Gasteiger partial charge in [-0.05, 0) is 26.8 Å². The Kier molecular flexibility index (Phi) is 6.40. The largest absolute Gasteiger partial charge is 0.352 e. The van der Waals surface area contributed by atoms with E-state index in [-0.39, 0.29) is 12.5 Å². The maximum atomic E-state index is 13.7. The molecule has 0 saturated carbocycles. The van der Waals surface area contributed by atoms with E-state index in [1.54, 1.807) is 20.8 Å². The van der Waals surface area contributed by atoms with Gasteiger partial charge in [-0.1, -0.05) is 13.8 Å². The third-order valence-corrected chi connectivity index (χ3v) is 4.36. The molecule has 1 fully saturated rings. The Morgan fingerprint density at radius 3 is 2.39 bits per heavy atom. The summed E-state index contributed by atoms with van der Waals surface area (Å²) < 4.78 is 51.2. The van der Waals surface area contributed by atoms with E-state index in [2.05, 4.69) is 10.6 Å². The van der Waals surface area contributed by atoms with Crippen LogP contribution in [0.3, 0.4) is 0 Å². The lowest BCUT2D eigenvalue weighted by Gasteiger charge is -2.44. The minimum atomic E-state index is -1.38. The molecule has 2 atom stereocenters. The van der Waals surface area contributed by atoms with Gasteiger partial charge in [-0.25, -0.2) is 13.2 Å². The highest BCUT2D eigenvalue weighted by molar-refractivity contribution is 5.94. The van der Waals surface area contributed by atoms with Crippen molar-refractivity contribution in [2.24, 2.45) is 5.41 Å². The van der Waals surface area contributed by atoms with Crippen LogP contribution < -0.4 is 10.6 Å². The average Bonchev–Trinajstić information content (AvgIpc) is 2.58. The molecule has 0 aromatic heterocycles. The number of hydrogen-bond acceptors (Lipinski definition) is 4. The van der Waals surface area contributed by atoms with Crippen LogP contribution in [0.15, 0.2) is 12.1 Å². The zero-order valence-electron chi connectivity index (χ0n) is 16.5. The van der Waals surface area contributed by atoms with E-state index in [9.17, 15) is 22.8 Å². The molecule has 1 aromatic carbocycles. The van der Waals surface area contributed by atoms with E-state index >= 15 is 0 Å². The third-order valence-electron chi connectivity index (χ3n) is 4.36. The second-order valence-electron chi connectivity index (χ2n) is 8.04. The fraction of sp³-hybridized carbons (Fsp3) is 0.579. The number of nitrogens with one attached hydrogen (secondary N) is 2. The van der Waals surface area contributed by atoms with Gasteiger partial charge in [0.1, 0.15) is 11.9 Å². The van der Waals surface area contributed by atoms with Crippen molar-refractivity contribution in [1.29, 1.82) is 0 Å². The van der Waals surface area contributed by atoms with Gasteiger partial charge in [-0.2, -0.15) is 0 Å². The molecule has 6 nitrogen and oxygen atoms in total. The summed E-state index contributed by atoms with van der Waals surface area (Å²) in [6.07, 6.45) is -0.761. The molecule has 1 aromatic rings. The number of carbonyl (C=O) groups is 2. The van der Waals surface area contributed by atoms with Crippen LogP contribution in [0.4, 0.5) is 13.2 Å². The first kappa shape index (κ1) is 22.2. The van der Waals surface area contributed by atoms with E-state index in [1.807, 2.05) is 13.8 Å². The molecule has 1 aliphatic heterocycles. The average molecular weight is 402 g/mol. The molecule has 1 heterocycles. The Bertz CT molecular complexity index is 768. The number of halogens is 3. The number of ether oxygens (including phenoxy) is 2. The van der Waals surface area contributed by atoms with Gasteiger partial charge in [-0.3, -0.25) is 9.59 Å². The van der Waals surface area contributed by atoms with Crippen molar-refractivity contribution < 1.29 is 32.2 Å². The number of hydrogen-bond donors (Lipinski definition) is 2. The van der Waals surface area contributed by atoms with E-state index in [1.165, 1.54) is 0 Å². The van der Waals surface area contributed by atoms with Crippen LogP contribution in [0.25, 0.3) is 0 Å². The second-order valence-corrected chi connectivity index (χ2v) is 8.04. The number of amides is 2. The standard InChI is InChI=1S/C19H25F3N2O4/c1-10(24-16(25)11-6-13(21)14(22)7-12(11)20)8-23-17(26)15-18(2,3)9-27-19(4,5)28-15/h6-7,10,15H,8-9H2,1-5H3,(H,23,26)(H,24,25). The summed E-state index contributed by atoms with van der Waals surface area (Å²) in [5, 5.41) is 5.11. The molecule has 0 bridgehead atoms. The Morgan fingerprint density at radius 2 is 1.75 bits per heavy atom. The molecule has 28 heavy (non-hydrogen) atoms. The van der Waals surface area contributed by atoms with Gasteiger partial charge in [0, 0.05) is 24.1 Å². The van der Waals surface area contributed by atoms with Crippen molar-refractivity contribution in [3.63, 3.8) is 0 Å². The molecular weight excluding hydrogens is 377 g/mol. The molecule has 156 valence electrons. The molecule has 2 unspecified atom stereocenters. The summed E-state index contributed by atoms with van der Waals surface area (Å²) in [5.74, 6) is -6.07. The van der Waals surface area contributed by atoms with Crippen LogP contribution in [0, 0.1) is 22.9 Å². The van der Waals surface area contributed by atoms with Gasteiger partial charge in [0.05, 0.1) is 12.2 Å². The minimum absolute atomic E-state index is 0.0348. The molecule has 0 aliphatic carbocycles. The lowest BCUT2D eigenvalue weighted by molar-refractivity contribution is -0.304. The summed E-state index contributed by atoms with van der Waals surface area (Å²) in [6, 6.07) is 0.203. The lowest BCUT2D eigenvalue weighted by atomic mass is 9.85. The fourth-order valence-electron chi connectivity index (χ4n) is 2.72. The van der Waals surface area contributed by atoms with Gasteiger partial charge in [0.15, 0.2) is 17.4 Å². The molecule has 0 radical (unpaired) electrons. The van der Waals surface area contributed by atoms with Gasteiger partial charge < -0.3 is 20.1 Å². The van der Waals surface area contributed by atoms with Gasteiger partial charge >= 0.3 is 0 Å². The van der Waals surface area contributed by atoms with E-state index in [0.717, 1.165) is 0 Å². The first-order chi connectivity index (χ1) is 12.8. The summed E-state index contributed by atoms with van der Waals surface area (Å²) in [5.41, 5.74) is -1.17. The highest BCUT2D eigenvalue weighted by Crippen LogP contribution is 2.34. The summed E-state index contributed by atoms with van der Waals surface area (Å²) >= 11 is 0. The Hall–Kier alpha value is -2.13. The highest BCUT2D eigenvalue weighted by atomic mass is 19.2. The molecule has 1 saturated heterocycles. The summed E-state index contributed by atoms with van der Waals surface area (Å²) in [6.45, 7) is 9.04. The van der Waals surface area contributed by atoms with Crippen molar-refractivity contribution in [3.8, 4) is 0 Å². The van der Waals surface area contributed by atoms with Crippen LogP contribution in [-0.4, -0.2) is 42.9 Å². The van der Waals surface area contributed by atoms with Crippen LogP contribution in [0.2, 0.25) is 0 Å². The number of rotatable bonds is 5. The topological polar surface area (TPSA) is 76.7 Å². The third kappa shape index (κ3) is 5.23. The molecular formula is C19H25F3N2O4. The fourth-order valence-corrected chi connectivity index (χ4v) is 2.72. The zero-order valence-corrected chi connectivity index (χ0v) is 16.5. The number of carbonyl (C=O) groups excluding carboxylic acids is 2. The molecule has 2 rings (SSSR count). The predicted molar refractivity (Wildman–Crippen MR) is 94.9 cm³/mol. The monoisotopic (exact) mass is 402 g/mol. The van der Waals surface area contributed by atoms with Crippen LogP contribution in [0.1, 0.15) is 45.0 Å². The molecule has 9 heteroatoms. The van der Waals surface area contributed by atoms with E-state index < -0.39 is 52.3 Å². The van der Waals surface area contributed by atoms with Gasteiger partial charge in [0.25, 0.3) is 5.91 Å². The molecule has 2 amide bonds. The Morgan fingerprint density at radius 1 is 1.14 bits per heavy atom. The van der Waals surface area contributed by atoms with E-state index in [4.69, 9.17) is 9.47 Å². The van der Waals surface area contributed by atoms with Gasteiger partial charge in [-0.15, -0.1) is 0 Å². The Labute approximate surface area is 161 Å². The minimum Gasteiger partial charge on any atom is -0.352 e. The summed E-state index contributed by atoms with van der Waals surface area (Å²) in [4.78, 5) is 24.6. The van der Waals surface area contributed by atoms with Crippen molar-refractivity contribution in [3.05, 3.63) is 35.1 Å². The van der Waals surface area contributed by atoms with Crippen LogP contribution in [-0.2, 0) is 14.3 Å². The van der Waals surface area contributed by atoms with Crippen LogP contribution >= 0.6 is 0 Å². The second kappa shape index (κ2) is 8.08. The van der Waals surface area contributed by atoms with Crippen molar-refractivity contribution in [1.82, 2.24) is 10.6 Å². The van der Waals surface area contributed by atoms with E-state index in [0.29, 0.717) is 18.7 Å². The molecule has 1 aliphatic rings. The first-order valence-electron chi connectivity index (χ1n) is 8.87. The normalized spacial score (nSPS) is 21.6. The molecule has 0 spiro atoms. The molecule has 2 N–H and O–H groups in total. The first-order valence-corrected chi connectivity index (χ1v) is 8.87. The van der Waals surface area contributed by atoms with Crippen molar-refractivity contribution in [2.45, 2.75) is 52.6 Å². The Balaban J connectivity index is 1.94. The highest BCUT2D eigenvalue weighted by Gasteiger charge is 2.45. The van der Waals surface area contributed by atoms with Crippen molar-refractivity contribution in [2.75, 3.05) is 13.2 Å². The smallest absolute Gasteiger partial charge is 0.254 e. The zero-order chi connectivity index (χ0) is 21.3. The van der Waals surface area contributed by atoms with Crippen molar-refractivity contribution >= 4 is 11.8 Å². The van der Waals surface area contributed by atoms with Crippen LogP contribution in [0.5, 0.6) is 0 Å². The SMILES string of the molecule is CC(CNC(=O)C1OC(C)(C)OCC1(C)C)NC(=O)c1cc(F)c(F)cc1F. The maximum Gasteiger partial charge on any atom is 0.254 e. The number of benzene rings is 1. The van der Waals surface area contributed by atoms with Gasteiger partial charge in [0.2, 0.25) is 5.91 Å². The summed E-state index contributed by atoms with van der Waals surface area (Å²) in [7, 11) is 0.